The maximum Gasteiger partial charge on any atom is 0.252 e. The summed E-state index contributed by atoms with van der Waals surface area (Å²) < 4.78 is 6.15. The first-order valence-corrected chi connectivity index (χ1v) is 8.52. The summed E-state index contributed by atoms with van der Waals surface area (Å²) in [5.41, 5.74) is 0.619. The molecule has 0 fully saturated rings. The first-order chi connectivity index (χ1) is 11.2. The summed E-state index contributed by atoms with van der Waals surface area (Å²) in [6.07, 6.45) is 3.33. The second kappa shape index (κ2) is 7.48. The number of hydrogen-bond acceptors (Lipinski definition) is 4. The molecule has 116 valence electrons. The van der Waals surface area contributed by atoms with Crippen molar-refractivity contribution in [2.45, 2.75) is 16.5 Å². The van der Waals surface area contributed by atoms with E-state index in [0.29, 0.717) is 12.1 Å². The lowest BCUT2D eigenvalue weighted by molar-refractivity contribution is 0.0945. The zero-order chi connectivity index (χ0) is 16.1. The lowest BCUT2D eigenvalue weighted by Gasteiger charge is -2.09. The highest BCUT2D eigenvalue weighted by atomic mass is 79.9. The molecule has 0 aliphatic carbocycles. The molecule has 1 aromatic carbocycles. The van der Waals surface area contributed by atoms with Gasteiger partial charge in [0.25, 0.3) is 5.91 Å². The first-order valence-electron chi connectivity index (χ1n) is 6.91. The number of benzene rings is 1. The lowest BCUT2D eigenvalue weighted by Crippen LogP contribution is -2.23. The largest absolute Gasteiger partial charge is 0.467 e. The zero-order valence-electron chi connectivity index (χ0n) is 12.0. The molecule has 0 radical (unpaired) electrons. The summed E-state index contributed by atoms with van der Waals surface area (Å²) >= 11 is 4.82. The highest BCUT2D eigenvalue weighted by molar-refractivity contribution is 9.10. The molecule has 3 rings (SSSR count). The molecular weight excluding hydrogens is 376 g/mol. The van der Waals surface area contributed by atoms with Crippen molar-refractivity contribution in [2.75, 3.05) is 0 Å². The van der Waals surface area contributed by atoms with Crippen LogP contribution in [0.4, 0.5) is 0 Å². The second-order valence-corrected chi connectivity index (χ2v) is 6.65. The molecule has 0 atom stereocenters. The molecule has 23 heavy (non-hydrogen) atoms. The molecule has 0 aliphatic heterocycles. The van der Waals surface area contributed by atoms with Crippen LogP contribution in [-0.4, -0.2) is 10.9 Å². The van der Waals surface area contributed by atoms with Gasteiger partial charge < -0.3 is 9.73 Å². The Morgan fingerprint density at radius 3 is 2.78 bits per heavy atom. The molecule has 0 aliphatic rings. The molecule has 4 nitrogen and oxygen atoms in total. The first kappa shape index (κ1) is 15.8. The Bertz CT molecular complexity index is 789. The van der Waals surface area contributed by atoms with Gasteiger partial charge in [0.15, 0.2) is 0 Å². The monoisotopic (exact) mass is 388 g/mol. The van der Waals surface area contributed by atoms with Crippen molar-refractivity contribution in [3.05, 3.63) is 76.8 Å². The van der Waals surface area contributed by atoms with Crippen LogP contribution in [0.2, 0.25) is 0 Å². The number of carbonyl (C=O) groups is 1. The van der Waals surface area contributed by atoms with Crippen LogP contribution in [0.1, 0.15) is 16.1 Å². The van der Waals surface area contributed by atoms with Gasteiger partial charge in [0.2, 0.25) is 0 Å². The minimum atomic E-state index is -0.137. The Morgan fingerprint density at radius 1 is 1.17 bits per heavy atom. The normalized spacial score (nSPS) is 10.5. The highest BCUT2D eigenvalue weighted by Gasteiger charge is 2.12. The summed E-state index contributed by atoms with van der Waals surface area (Å²) in [6, 6.07) is 14.9. The van der Waals surface area contributed by atoms with Crippen molar-refractivity contribution >= 4 is 33.6 Å². The summed E-state index contributed by atoms with van der Waals surface area (Å²) in [6.45, 7) is 0.362. The van der Waals surface area contributed by atoms with Gasteiger partial charge in [-0.2, -0.15) is 0 Å². The van der Waals surface area contributed by atoms with Crippen LogP contribution in [0.15, 0.2) is 79.8 Å². The Kier molecular flexibility index (Phi) is 5.15. The number of amides is 1. The number of carbonyl (C=O) groups excluding carboxylic acids is 1. The lowest BCUT2D eigenvalue weighted by atomic mass is 10.2. The van der Waals surface area contributed by atoms with E-state index >= 15 is 0 Å². The van der Waals surface area contributed by atoms with Crippen LogP contribution in [0.5, 0.6) is 0 Å². The van der Waals surface area contributed by atoms with Crippen LogP contribution in [0.3, 0.4) is 0 Å². The topological polar surface area (TPSA) is 55.1 Å². The Hall–Kier alpha value is -2.05. The molecule has 1 N–H and O–H groups in total. The minimum Gasteiger partial charge on any atom is -0.467 e. The molecule has 0 spiro atoms. The molecule has 1 amide bonds. The number of furan rings is 1. The quantitative estimate of drug-likeness (QED) is 0.697. The number of rotatable bonds is 5. The molecule has 0 bridgehead atoms. The van der Waals surface area contributed by atoms with E-state index in [0.717, 1.165) is 20.2 Å². The molecule has 2 heterocycles. The third-order valence-corrected chi connectivity index (χ3v) is 4.55. The predicted octanol–water partition coefficient (Wildman–Crippen LogP) is 4.52. The molecule has 2 aromatic heterocycles. The number of hydrogen-bond donors (Lipinski definition) is 1. The molecule has 3 aromatic rings. The van der Waals surface area contributed by atoms with E-state index in [2.05, 4.69) is 26.2 Å². The Balaban J connectivity index is 1.74. The van der Waals surface area contributed by atoms with Crippen molar-refractivity contribution in [1.82, 2.24) is 10.3 Å². The van der Waals surface area contributed by atoms with Gasteiger partial charge in [-0.1, -0.05) is 23.9 Å². The van der Waals surface area contributed by atoms with E-state index in [1.54, 1.807) is 24.6 Å². The fourth-order valence-electron chi connectivity index (χ4n) is 1.95. The summed E-state index contributed by atoms with van der Waals surface area (Å²) in [5.74, 6) is 0.583. The summed E-state index contributed by atoms with van der Waals surface area (Å²) in [7, 11) is 0. The van der Waals surface area contributed by atoms with Gasteiger partial charge in [-0.05, 0) is 52.3 Å². The van der Waals surface area contributed by atoms with E-state index < -0.39 is 0 Å². The maximum atomic E-state index is 12.4. The standard InChI is InChI=1S/C17H13BrN2O2S/c18-12-7-8-16(19-10-12)23-15-6-2-1-5-14(15)17(21)20-11-13-4-3-9-22-13/h1-10H,11H2,(H,20,21). The average molecular weight is 389 g/mol. The number of nitrogens with one attached hydrogen (secondary N) is 1. The van der Waals surface area contributed by atoms with Gasteiger partial charge in [0.05, 0.1) is 18.4 Å². The van der Waals surface area contributed by atoms with Crippen LogP contribution < -0.4 is 5.32 Å². The van der Waals surface area contributed by atoms with Gasteiger partial charge >= 0.3 is 0 Å². The summed E-state index contributed by atoms with van der Waals surface area (Å²) in [5, 5.41) is 3.70. The third kappa shape index (κ3) is 4.24. The molecular formula is C17H13BrN2O2S. The number of nitrogens with zero attached hydrogens (tertiary/aromatic N) is 1. The number of aromatic nitrogens is 1. The molecule has 0 saturated heterocycles. The van der Waals surface area contributed by atoms with Crippen LogP contribution in [0, 0.1) is 0 Å². The highest BCUT2D eigenvalue weighted by Crippen LogP contribution is 2.29. The smallest absolute Gasteiger partial charge is 0.252 e. The fourth-order valence-corrected chi connectivity index (χ4v) is 3.07. The average Bonchev–Trinajstić information content (AvgIpc) is 3.09. The number of halogens is 1. The van der Waals surface area contributed by atoms with Crippen LogP contribution >= 0.6 is 27.7 Å². The van der Waals surface area contributed by atoms with Gasteiger partial charge in [-0.3, -0.25) is 4.79 Å². The third-order valence-electron chi connectivity index (χ3n) is 3.05. The second-order valence-electron chi connectivity index (χ2n) is 4.67. The van der Waals surface area contributed by atoms with Crippen molar-refractivity contribution in [1.29, 1.82) is 0 Å². The van der Waals surface area contributed by atoms with Gasteiger partial charge in [0.1, 0.15) is 10.8 Å². The van der Waals surface area contributed by atoms with Crippen molar-refractivity contribution in [2.24, 2.45) is 0 Å². The minimum absolute atomic E-state index is 0.137. The van der Waals surface area contributed by atoms with Crippen molar-refractivity contribution < 1.29 is 9.21 Å². The maximum absolute atomic E-state index is 12.4. The van der Waals surface area contributed by atoms with E-state index in [-0.39, 0.29) is 5.91 Å². The zero-order valence-corrected chi connectivity index (χ0v) is 14.4. The van der Waals surface area contributed by atoms with Crippen LogP contribution in [-0.2, 0) is 6.54 Å². The predicted molar refractivity (Wildman–Crippen MR) is 92.4 cm³/mol. The Morgan fingerprint density at radius 2 is 2.04 bits per heavy atom. The number of pyridine rings is 1. The van der Waals surface area contributed by atoms with Crippen molar-refractivity contribution in [3.63, 3.8) is 0 Å². The van der Waals surface area contributed by atoms with Crippen molar-refractivity contribution in [3.8, 4) is 0 Å². The molecule has 6 heteroatoms. The van der Waals surface area contributed by atoms with E-state index in [1.807, 2.05) is 36.4 Å². The van der Waals surface area contributed by atoms with E-state index in [1.165, 1.54) is 11.8 Å². The fraction of sp³-hybridized carbons (Fsp3) is 0.0588. The van der Waals surface area contributed by atoms with E-state index in [9.17, 15) is 4.79 Å². The van der Waals surface area contributed by atoms with Gasteiger partial charge in [-0.15, -0.1) is 0 Å². The Labute approximate surface area is 146 Å². The van der Waals surface area contributed by atoms with E-state index in [4.69, 9.17) is 4.42 Å². The SMILES string of the molecule is O=C(NCc1ccco1)c1ccccc1Sc1ccc(Br)cn1. The molecule has 0 unspecified atom stereocenters. The summed E-state index contributed by atoms with van der Waals surface area (Å²) in [4.78, 5) is 17.6. The molecule has 0 saturated carbocycles. The van der Waals surface area contributed by atoms with Gasteiger partial charge in [0, 0.05) is 15.6 Å². The van der Waals surface area contributed by atoms with Crippen LogP contribution in [0.25, 0.3) is 0 Å². The van der Waals surface area contributed by atoms with Gasteiger partial charge in [-0.25, -0.2) is 4.98 Å².